The molecule has 0 saturated heterocycles. The van der Waals surface area contributed by atoms with Crippen LogP contribution in [0.5, 0.6) is 0 Å². The van der Waals surface area contributed by atoms with Crippen molar-refractivity contribution in [1.82, 2.24) is 9.97 Å². The zero-order valence-corrected chi connectivity index (χ0v) is 10.8. The molecule has 1 aromatic heterocycles. The van der Waals surface area contributed by atoms with Crippen LogP contribution in [0.25, 0.3) is 0 Å². The number of carbonyl (C=O) groups is 1. The van der Waals surface area contributed by atoms with E-state index >= 15 is 0 Å². The van der Waals surface area contributed by atoms with E-state index in [4.69, 9.17) is 0 Å². The average Bonchev–Trinajstić information content (AvgIpc) is 2.34. The predicted octanol–water partition coefficient (Wildman–Crippen LogP) is 2.21. The standard InChI is InChI=1S/C12H19N3O2/c1-5-6-13-10-7-9(8(2)3)14-11(15-10)12(16)17-4/h7-8H,5-6H2,1-4H3,(H,13,14,15). The number of anilines is 1. The van der Waals surface area contributed by atoms with E-state index in [-0.39, 0.29) is 11.7 Å². The van der Waals surface area contributed by atoms with E-state index in [0.717, 1.165) is 18.7 Å². The van der Waals surface area contributed by atoms with Gasteiger partial charge in [0.25, 0.3) is 0 Å². The van der Waals surface area contributed by atoms with Crippen molar-refractivity contribution in [1.29, 1.82) is 0 Å². The molecule has 0 amide bonds. The molecular formula is C12H19N3O2. The lowest BCUT2D eigenvalue weighted by atomic mass is 10.1. The summed E-state index contributed by atoms with van der Waals surface area (Å²) in [6, 6.07) is 1.87. The summed E-state index contributed by atoms with van der Waals surface area (Å²) < 4.78 is 4.64. The zero-order valence-electron chi connectivity index (χ0n) is 10.8. The molecule has 0 aromatic carbocycles. The van der Waals surface area contributed by atoms with Gasteiger partial charge in [-0.2, -0.15) is 0 Å². The second-order valence-electron chi connectivity index (χ2n) is 4.07. The van der Waals surface area contributed by atoms with Crippen molar-refractivity contribution in [2.24, 2.45) is 0 Å². The molecular weight excluding hydrogens is 218 g/mol. The molecule has 0 aliphatic heterocycles. The van der Waals surface area contributed by atoms with E-state index in [9.17, 15) is 4.79 Å². The number of aromatic nitrogens is 2. The number of methoxy groups -OCH3 is 1. The van der Waals surface area contributed by atoms with Gasteiger partial charge in [-0.1, -0.05) is 20.8 Å². The molecule has 5 nitrogen and oxygen atoms in total. The van der Waals surface area contributed by atoms with E-state index in [1.165, 1.54) is 7.11 Å². The molecule has 0 fully saturated rings. The van der Waals surface area contributed by atoms with Crippen LogP contribution in [-0.2, 0) is 4.74 Å². The maximum absolute atomic E-state index is 11.4. The van der Waals surface area contributed by atoms with Gasteiger partial charge in [-0.3, -0.25) is 0 Å². The van der Waals surface area contributed by atoms with E-state index in [2.05, 4.69) is 26.9 Å². The molecule has 0 spiro atoms. The number of hydrogen-bond acceptors (Lipinski definition) is 5. The summed E-state index contributed by atoms with van der Waals surface area (Å²) in [5.41, 5.74) is 0.832. The third-order valence-electron chi connectivity index (χ3n) is 2.26. The van der Waals surface area contributed by atoms with Crippen LogP contribution in [0, 0.1) is 0 Å². The first-order chi connectivity index (χ1) is 8.08. The first-order valence-electron chi connectivity index (χ1n) is 5.79. The number of nitrogens with one attached hydrogen (secondary N) is 1. The summed E-state index contributed by atoms with van der Waals surface area (Å²) >= 11 is 0. The van der Waals surface area contributed by atoms with Gasteiger partial charge in [0.1, 0.15) is 5.82 Å². The quantitative estimate of drug-likeness (QED) is 0.795. The van der Waals surface area contributed by atoms with Crippen molar-refractivity contribution in [2.45, 2.75) is 33.1 Å². The molecule has 0 aliphatic carbocycles. The maximum atomic E-state index is 11.4. The van der Waals surface area contributed by atoms with Gasteiger partial charge in [-0.25, -0.2) is 14.8 Å². The molecule has 1 rings (SSSR count). The summed E-state index contributed by atoms with van der Waals surface area (Å²) in [4.78, 5) is 19.8. The minimum Gasteiger partial charge on any atom is -0.463 e. The summed E-state index contributed by atoms with van der Waals surface area (Å²) in [5.74, 6) is 0.513. The molecule has 1 aromatic rings. The van der Waals surface area contributed by atoms with Gasteiger partial charge in [0.05, 0.1) is 7.11 Å². The number of rotatable bonds is 5. The van der Waals surface area contributed by atoms with Crippen LogP contribution in [0.4, 0.5) is 5.82 Å². The lowest BCUT2D eigenvalue weighted by Crippen LogP contribution is -2.13. The highest BCUT2D eigenvalue weighted by Crippen LogP contribution is 2.16. The molecule has 0 saturated carbocycles. The van der Waals surface area contributed by atoms with Crippen molar-refractivity contribution in [2.75, 3.05) is 19.0 Å². The van der Waals surface area contributed by atoms with Crippen molar-refractivity contribution < 1.29 is 9.53 Å². The Morgan fingerprint density at radius 3 is 2.71 bits per heavy atom. The average molecular weight is 237 g/mol. The fraction of sp³-hybridized carbons (Fsp3) is 0.583. The molecule has 5 heteroatoms. The number of ether oxygens (including phenoxy) is 1. The van der Waals surface area contributed by atoms with Crippen molar-refractivity contribution in [3.05, 3.63) is 17.6 Å². The highest BCUT2D eigenvalue weighted by molar-refractivity contribution is 5.85. The fourth-order valence-corrected chi connectivity index (χ4v) is 1.29. The molecule has 1 heterocycles. The second kappa shape index (κ2) is 6.18. The van der Waals surface area contributed by atoms with Crippen molar-refractivity contribution in [3.63, 3.8) is 0 Å². The van der Waals surface area contributed by atoms with Crippen LogP contribution in [0.2, 0.25) is 0 Å². The largest absolute Gasteiger partial charge is 0.463 e. The van der Waals surface area contributed by atoms with Crippen LogP contribution in [0.1, 0.15) is 49.4 Å². The third-order valence-corrected chi connectivity index (χ3v) is 2.26. The Morgan fingerprint density at radius 2 is 2.18 bits per heavy atom. The Morgan fingerprint density at radius 1 is 1.47 bits per heavy atom. The molecule has 0 aliphatic rings. The van der Waals surface area contributed by atoms with E-state index < -0.39 is 5.97 Å². The highest BCUT2D eigenvalue weighted by atomic mass is 16.5. The van der Waals surface area contributed by atoms with Crippen LogP contribution in [-0.4, -0.2) is 29.6 Å². The monoisotopic (exact) mass is 237 g/mol. The molecule has 0 atom stereocenters. The van der Waals surface area contributed by atoms with E-state index in [1.54, 1.807) is 0 Å². The summed E-state index contributed by atoms with van der Waals surface area (Å²) in [5, 5.41) is 3.15. The number of carbonyl (C=O) groups excluding carboxylic acids is 1. The first-order valence-corrected chi connectivity index (χ1v) is 5.79. The van der Waals surface area contributed by atoms with Gasteiger partial charge in [-0.05, 0) is 12.3 Å². The zero-order chi connectivity index (χ0) is 12.8. The second-order valence-corrected chi connectivity index (χ2v) is 4.07. The number of esters is 1. The van der Waals surface area contributed by atoms with Crippen molar-refractivity contribution in [3.8, 4) is 0 Å². The van der Waals surface area contributed by atoms with Crippen molar-refractivity contribution >= 4 is 11.8 Å². The highest BCUT2D eigenvalue weighted by Gasteiger charge is 2.14. The maximum Gasteiger partial charge on any atom is 0.376 e. The Kier molecular flexibility index (Phi) is 4.87. The van der Waals surface area contributed by atoms with E-state index in [1.807, 2.05) is 19.9 Å². The topological polar surface area (TPSA) is 64.1 Å². The van der Waals surface area contributed by atoms with Gasteiger partial charge in [0, 0.05) is 18.3 Å². The van der Waals surface area contributed by atoms with Gasteiger partial charge in [-0.15, -0.1) is 0 Å². The first kappa shape index (κ1) is 13.4. The number of nitrogens with zero attached hydrogens (tertiary/aromatic N) is 2. The van der Waals surface area contributed by atoms with Gasteiger partial charge in [0.2, 0.25) is 5.82 Å². The minimum atomic E-state index is -0.507. The summed E-state index contributed by atoms with van der Waals surface area (Å²) in [6.45, 7) is 6.92. The Balaban J connectivity index is 3.05. The van der Waals surface area contributed by atoms with Crippen LogP contribution in [0.3, 0.4) is 0 Å². The minimum absolute atomic E-state index is 0.109. The van der Waals surface area contributed by atoms with Crippen LogP contribution >= 0.6 is 0 Å². The molecule has 0 bridgehead atoms. The van der Waals surface area contributed by atoms with Crippen LogP contribution in [0.15, 0.2) is 6.07 Å². The predicted molar refractivity (Wildman–Crippen MR) is 66.2 cm³/mol. The Hall–Kier alpha value is -1.65. The molecule has 0 radical (unpaired) electrons. The Bertz CT molecular complexity index is 391. The lowest BCUT2D eigenvalue weighted by molar-refractivity contribution is 0.0586. The van der Waals surface area contributed by atoms with Gasteiger partial charge in [0.15, 0.2) is 0 Å². The summed E-state index contributed by atoms with van der Waals surface area (Å²) in [7, 11) is 1.33. The number of hydrogen-bond donors (Lipinski definition) is 1. The molecule has 0 unspecified atom stereocenters. The van der Waals surface area contributed by atoms with E-state index in [0.29, 0.717) is 5.82 Å². The molecule has 94 valence electrons. The van der Waals surface area contributed by atoms with Crippen LogP contribution < -0.4 is 5.32 Å². The Labute approximate surface area is 102 Å². The third kappa shape index (κ3) is 3.69. The fourth-order valence-electron chi connectivity index (χ4n) is 1.29. The lowest BCUT2D eigenvalue weighted by Gasteiger charge is -2.10. The molecule has 17 heavy (non-hydrogen) atoms. The smallest absolute Gasteiger partial charge is 0.376 e. The molecule has 1 N–H and O–H groups in total. The SMILES string of the molecule is CCCNc1cc(C(C)C)nc(C(=O)OC)n1. The summed E-state index contributed by atoms with van der Waals surface area (Å²) in [6.07, 6.45) is 0.995. The normalized spacial score (nSPS) is 10.4. The van der Waals surface area contributed by atoms with Gasteiger partial charge < -0.3 is 10.1 Å². The van der Waals surface area contributed by atoms with Gasteiger partial charge >= 0.3 is 5.97 Å².